The summed E-state index contributed by atoms with van der Waals surface area (Å²) in [6.07, 6.45) is 2.76. The Labute approximate surface area is 124 Å². The van der Waals surface area contributed by atoms with Gasteiger partial charge >= 0.3 is 0 Å². The van der Waals surface area contributed by atoms with E-state index in [1.807, 2.05) is 36.0 Å². The molecular formula is C15H20ClN3O. The molecule has 0 fully saturated rings. The van der Waals surface area contributed by atoms with Gasteiger partial charge in [-0.3, -0.25) is 4.68 Å². The number of aromatic nitrogens is 2. The molecule has 2 aromatic rings. The first kappa shape index (κ1) is 14.7. The third-order valence-electron chi connectivity index (χ3n) is 3.08. The van der Waals surface area contributed by atoms with E-state index in [0.717, 1.165) is 23.6 Å². The van der Waals surface area contributed by atoms with Crippen LogP contribution in [0.1, 0.15) is 32.0 Å². The summed E-state index contributed by atoms with van der Waals surface area (Å²) in [5, 5.41) is 8.31. The molecule has 1 N–H and O–H groups in total. The smallest absolute Gasteiger partial charge is 0.142 e. The molecule has 0 radical (unpaired) electrons. The molecule has 0 amide bonds. The average molecular weight is 294 g/mol. The van der Waals surface area contributed by atoms with Gasteiger partial charge in [0.2, 0.25) is 0 Å². The van der Waals surface area contributed by atoms with Gasteiger partial charge in [0.05, 0.1) is 24.0 Å². The molecule has 0 spiro atoms. The molecule has 1 aromatic heterocycles. The number of aryl methyl sites for hydroxylation is 1. The standard InChI is InChI=1S/C15H20ClN3O/c1-4-9-20-15-6-5-12(16)10-13(15)18-11(2)14-7-8-17-19(14)3/h5-8,10-11,18H,4,9H2,1-3H3. The van der Waals surface area contributed by atoms with Crippen LogP contribution < -0.4 is 10.1 Å². The maximum absolute atomic E-state index is 6.08. The van der Waals surface area contributed by atoms with Crippen molar-refractivity contribution in [3.63, 3.8) is 0 Å². The highest BCUT2D eigenvalue weighted by Crippen LogP contribution is 2.31. The van der Waals surface area contributed by atoms with E-state index in [-0.39, 0.29) is 6.04 Å². The van der Waals surface area contributed by atoms with Gasteiger partial charge in [0, 0.05) is 18.3 Å². The predicted molar refractivity (Wildman–Crippen MR) is 82.5 cm³/mol. The predicted octanol–water partition coefficient (Wildman–Crippen LogP) is 4.04. The first-order valence-electron chi connectivity index (χ1n) is 6.78. The van der Waals surface area contributed by atoms with Crippen molar-refractivity contribution in [1.29, 1.82) is 0 Å². The Balaban J connectivity index is 2.19. The van der Waals surface area contributed by atoms with E-state index in [9.17, 15) is 0 Å². The fraction of sp³-hybridized carbons (Fsp3) is 0.400. The highest BCUT2D eigenvalue weighted by molar-refractivity contribution is 6.30. The molecular weight excluding hydrogens is 274 g/mol. The van der Waals surface area contributed by atoms with E-state index in [2.05, 4.69) is 24.3 Å². The third kappa shape index (κ3) is 3.45. The van der Waals surface area contributed by atoms with Crippen LogP contribution in [0.25, 0.3) is 0 Å². The molecule has 1 unspecified atom stereocenters. The molecule has 108 valence electrons. The van der Waals surface area contributed by atoms with E-state index in [0.29, 0.717) is 11.6 Å². The second kappa shape index (κ2) is 6.66. The second-order valence-corrected chi connectivity index (χ2v) is 5.17. The summed E-state index contributed by atoms with van der Waals surface area (Å²) in [7, 11) is 1.93. The molecule has 0 aliphatic heterocycles. The summed E-state index contributed by atoms with van der Waals surface area (Å²) < 4.78 is 7.60. The number of benzene rings is 1. The molecule has 0 bridgehead atoms. The number of nitrogens with zero attached hydrogens (tertiary/aromatic N) is 2. The van der Waals surface area contributed by atoms with Gasteiger partial charge in [-0.05, 0) is 37.6 Å². The van der Waals surface area contributed by atoms with Crippen molar-refractivity contribution in [3.05, 3.63) is 41.2 Å². The van der Waals surface area contributed by atoms with Crippen molar-refractivity contribution < 1.29 is 4.74 Å². The van der Waals surface area contributed by atoms with E-state index in [4.69, 9.17) is 16.3 Å². The molecule has 20 heavy (non-hydrogen) atoms. The topological polar surface area (TPSA) is 39.1 Å². The normalized spacial score (nSPS) is 12.2. The van der Waals surface area contributed by atoms with Crippen molar-refractivity contribution in [2.24, 2.45) is 7.05 Å². The first-order chi connectivity index (χ1) is 9.61. The van der Waals surface area contributed by atoms with Crippen molar-refractivity contribution >= 4 is 17.3 Å². The molecule has 0 aliphatic carbocycles. The van der Waals surface area contributed by atoms with Crippen LogP contribution in [0.15, 0.2) is 30.5 Å². The molecule has 0 saturated carbocycles. The van der Waals surface area contributed by atoms with Crippen LogP contribution in [0.4, 0.5) is 5.69 Å². The van der Waals surface area contributed by atoms with Crippen LogP contribution in [0, 0.1) is 0 Å². The van der Waals surface area contributed by atoms with Crippen molar-refractivity contribution in [2.45, 2.75) is 26.3 Å². The largest absolute Gasteiger partial charge is 0.491 e. The molecule has 1 atom stereocenters. The Morgan fingerprint density at radius 2 is 2.20 bits per heavy atom. The average Bonchev–Trinajstić information content (AvgIpc) is 2.84. The second-order valence-electron chi connectivity index (χ2n) is 4.73. The van der Waals surface area contributed by atoms with Crippen molar-refractivity contribution in [1.82, 2.24) is 9.78 Å². The highest BCUT2D eigenvalue weighted by atomic mass is 35.5. The number of rotatable bonds is 6. The Morgan fingerprint density at radius 1 is 1.40 bits per heavy atom. The number of ether oxygens (including phenoxy) is 1. The molecule has 4 nitrogen and oxygen atoms in total. The lowest BCUT2D eigenvalue weighted by Crippen LogP contribution is -2.12. The van der Waals surface area contributed by atoms with Gasteiger partial charge in [0.1, 0.15) is 5.75 Å². The molecule has 5 heteroatoms. The fourth-order valence-corrected chi connectivity index (χ4v) is 2.24. The minimum atomic E-state index is 0.116. The van der Waals surface area contributed by atoms with Gasteiger partial charge in [0.25, 0.3) is 0 Å². The lowest BCUT2D eigenvalue weighted by Gasteiger charge is -2.19. The zero-order valence-corrected chi connectivity index (χ0v) is 12.8. The van der Waals surface area contributed by atoms with Gasteiger partial charge in [-0.15, -0.1) is 0 Å². The molecule has 0 aliphatic rings. The van der Waals surface area contributed by atoms with E-state index in [1.54, 1.807) is 6.20 Å². The van der Waals surface area contributed by atoms with Crippen LogP contribution in [0.3, 0.4) is 0 Å². The van der Waals surface area contributed by atoms with Gasteiger partial charge < -0.3 is 10.1 Å². The van der Waals surface area contributed by atoms with E-state index >= 15 is 0 Å². The van der Waals surface area contributed by atoms with Crippen molar-refractivity contribution in [3.8, 4) is 5.75 Å². The van der Waals surface area contributed by atoms with E-state index < -0.39 is 0 Å². The molecule has 1 heterocycles. The number of hydrogen-bond acceptors (Lipinski definition) is 3. The summed E-state index contributed by atoms with van der Waals surface area (Å²) in [4.78, 5) is 0. The first-order valence-corrected chi connectivity index (χ1v) is 7.16. The number of anilines is 1. The van der Waals surface area contributed by atoms with Crippen LogP contribution in [0.5, 0.6) is 5.75 Å². The number of nitrogens with one attached hydrogen (secondary N) is 1. The summed E-state index contributed by atoms with van der Waals surface area (Å²) >= 11 is 6.08. The third-order valence-corrected chi connectivity index (χ3v) is 3.31. The van der Waals surface area contributed by atoms with Crippen LogP contribution >= 0.6 is 11.6 Å². The van der Waals surface area contributed by atoms with Gasteiger partial charge in [-0.2, -0.15) is 5.10 Å². The monoisotopic (exact) mass is 293 g/mol. The van der Waals surface area contributed by atoms with Gasteiger partial charge in [-0.25, -0.2) is 0 Å². The zero-order chi connectivity index (χ0) is 14.5. The number of hydrogen-bond donors (Lipinski definition) is 1. The van der Waals surface area contributed by atoms with Crippen LogP contribution in [-0.4, -0.2) is 16.4 Å². The van der Waals surface area contributed by atoms with Crippen LogP contribution in [0.2, 0.25) is 5.02 Å². The lowest BCUT2D eigenvalue weighted by atomic mass is 10.2. The Hall–Kier alpha value is -1.68. The summed E-state index contributed by atoms with van der Waals surface area (Å²) in [5.74, 6) is 0.824. The summed E-state index contributed by atoms with van der Waals surface area (Å²) in [5.41, 5.74) is 2.01. The molecule has 2 rings (SSSR count). The molecule has 1 aromatic carbocycles. The summed E-state index contributed by atoms with van der Waals surface area (Å²) in [6, 6.07) is 7.74. The maximum atomic E-state index is 6.08. The zero-order valence-electron chi connectivity index (χ0n) is 12.1. The minimum absolute atomic E-state index is 0.116. The Bertz CT molecular complexity index is 568. The fourth-order valence-electron chi connectivity index (χ4n) is 2.07. The quantitative estimate of drug-likeness (QED) is 0.874. The summed E-state index contributed by atoms with van der Waals surface area (Å²) in [6.45, 7) is 4.86. The molecule has 0 saturated heterocycles. The maximum Gasteiger partial charge on any atom is 0.142 e. The van der Waals surface area contributed by atoms with Gasteiger partial charge in [0.15, 0.2) is 0 Å². The Kier molecular flexibility index (Phi) is 4.90. The number of halogens is 1. The van der Waals surface area contributed by atoms with Gasteiger partial charge in [-0.1, -0.05) is 18.5 Å². The highest BCUT2D eigenvalue weighted by Gasteiger charge is 2.12. The minimum Gasteiger partial charge on any atom is -0.491 e. The SMILES string of the molecule is CCCOc1ccc(Cl)cc1NC(C)c1ccnn1C. The lowest BCUT2D eigenvalue weighted by molar-refractivity contribution is 0.318. The van der Waals surface area contributed by atoms with Crippen molar-refractivity contribution in [2.75, 3.05) is 11.9 Å². The van der Waals surface area contributed by atoms with E-state index in [1.165, 1.54) is 0 Å². The van der Waals surface area contributed by atoms with Crippen LogP contribution in [-0.2, 0) is 7.05 Å². The Morgan fingerprint density at radius 3 is 2.85 bits per heavy atom.